The molecule has 2 heterocycles. The average Bonchev–Trinajstić information content (AvgIpc) is 3.02. The lowest BCUT2D eigenvalue weighted by atomic mass is 10.2. The summed E-state index contributed by atoms with van der Waals surface area (Å²) in [5, 5.41) is 6.92. The molecule has 3 rings (SSSR count). The Morgan fingerprint density at radius 3 is 2.71 bits per heavy atom. The lowest BCUT2D eigenvalue weighted by molar-refractivity contribution is 0.102. The van der Waals surface area contributed by atoms with Crippen molar-refractivity contribution >= 4 is 11.6 Å². The van der Waals surface area contributed by atoms with Gasteiger partial charge in [-0.3, -0.25) is 9.59 Å². The Kier molecular flexibility index (Phi) is 3.34. The van der Waals surface area contributed by atoms with Crippen molar-refractivity contribution in [3.8, 4) is 5.69 Å². The number of nitrogens with one attached hydrogen (secondary N) is 2. The quantitative estimate of drug-likeness (QED) is 0.768. The molecule has 1 aromatic carbocycles. The summed E-state index contributed by atoms with van der Waals surface area (Å²) in [6, 6.07) is 13.5. The fourth-order valence-electron chi connectivity index (χ4n) is 1.96. The van der Waals surface area contributed by atoms with Gasteiger partial charge in [0.1, 0.15) is 5.69 Å². The standard InChI is InChI=1S/C15H12N4O2/c20-14-8-3-6-12(17-14)15(21)18-11-5-1-2-7-13(11)19-10-4-9-16-19/h1-10H,(H,17,20)(H,18,21). The first kappa shape index (κ1) is 12.9. The maximum Gasteiger partial charge on any atom is 0.272 e. The number of hydrogen-bond acceptors (Lipinski definition) is 3. The normalized spacial score (nSPS) is 10.3. The minimum atomic E-state index is -0.382. The van der Waals surface area contributed by atoms with Gasteiger partial charge in [0, 0.05) is 18.5 Å². The number of anilines is 1. The number of hydrogen-bond donors (Lipinski definition) is 2. The summed E-state index contributed by atoms with van der Waals surface area (Å²) in [5.41, 5.74) is 1.24. The molecule has 6 nitrogen and oxygen atoms in total. The van der Waals surface area contributed by atoms with E-state index in [0.717, 1.165) is 5.69 Å². The van der Waals surface area contributed by atoms with Crippen LogP contribution in [0.4, 0.5) is 5.69 Å². The molecule has 1 amide bonds. The maximum absolute atomic E-state index is 12.2. The first-order valence-electron chi connectivity index (χ1n) is 6.34. The Labute approximate surface area is 120 Å². The van der Waals surface area contributed by atoms with Crippen molar-refractivity contribution < 1.29 is 4.79 Å². The Bertz CT molecular complexity index is 821. The van der Waals surface area contributed by atoms with Gasteiger partial charge in [0.25, 0.3) is 5.91 Å². The number of benzene rings is 1. The van der Waals surface area contributed by atoms with Crippen LogP contribution in [-0.4, -0.2) is 20.7 Å². The van der Waals surface area contributed by atoms with Crippen molar-refractivity contribution in [3.05, 3.63) is 77.0 Å². The Morgan fingerprint density at radius 1 is 1.10 bits per heavy atom. The van der Waals surface area contributed by atoms with E-state index in [1.165, 1.54) is 12.1 Å². The fourth-order valence-corrected chi connectivity index (χ4v) is 1.96. The molecule has 21 heavy (non-hydrogen) atoms. The van der Waals surface area contributed by atoms with Gasteiger partial charge < -0.3 is 10.3 Å². The average molecular weight is 280 g/mol. The van der Waals surface area contributed by atoms with Gasteiger partial charge in [0.2, 0.25) is 5.56 Å². The zero-order valence-electron chi connectivity index (χ0n) is 11.0. The number of para-hydroxylation sites is 2. The summed E-state index contributed by atoms with van der Waals surface area (Å²) in [4.78, 5) is 25.9. The third kappa shape index (κ3) is 2.74. The smallest absolute Gasteiger partial charge is 0.272 e. The van der Waals surface area contributed by atoms with Crippen LogP contribution < -0.4 is 10.9 Å². The fraction of sp³-hybridized carbons (Fsp3) is 0. The zero-order valence-corrected chi connectivity index (χ0v) is 11.0. The highest BCUT2D eigenvalue weighted by Crippen LogP contribution is 2.19. The van der Waals surface area contributed by atoms with Crippen LogP contribution in [0.3, 0.4) is 0 Å². The monoisotopic (exact) mass is 280 g/mol. The highest BCUT2D eigenvalue weighted by Gasteiger charge is 2.10. The predicted octanol–water partition coefficient (Wildman–Crippen LogP) is 1.81. The van der Waals surface area contributed by atoms with Crippen molar-refractivity contribution in [2.45, 2.75) is 0 Å². The van der Waals surface area contributed by atoms with Crippen LogP contribution in [0.5, 0.6) is 0 Å². The topological polar surface area (TPSA) is 79.8 Å². The highest BCUT2D eigenvalue weighted by molar-refractivity contribution is 6.03. The van der Waals surface area contributed by atoms with Crippen molar-refractivity contribution in [2.75, 3.05) is 5.32 Å². The lowest BCUT2D eigenvalue weighted by Crippen LogP contribution is -2.18. The number of aromatic amines is 1. The van der Waals surface area contributed by atoms with Gasteiger partial charge in [0.05, 0.1) is 11.4 Å². The van der Waals surface area contributed by atoms with Crippen LogP contribution in [0.15, 0.2) is 65.7 Å². The van der Waals surface area contributed by atoms with Gasteiger partial charge in [-0.15, -0.1) is 0 Å². The molecule has 0 radical (unpaired) electrons. The van der Waals surface area contributed by atoms with Crippen molar-refractivity contribution in [2.24, 2.45) is 0 Å². The summed E-state index contributed by atoms with van der Waals surface area (Å²) in [5.74, 6) is -0.382. The highest BCUT2D eigenvalue weighted by atomic mass is 16.2. The van der Waals surface area contributed by atoms with Crippen LogP contribution in [-0.2, 0) is 0 Å². The number of rotatable bonds is 3. The van der Waals surface area contributed by atoms with E-state index in [-0.39, 0.29) is 17.2 Å². The van der Waals surface area contributed by atoms with E-state index in [1.807, 2.05) is 18.2 Å². The maximum atomic E-state index is 12.2. The van der Waals surface area contributed by atoms with Crippen LogP contribution in [0.1, 0.15) is 10.5 Å². The molecule has 0 bridgehead atoms. The van der Waals surface area contributed by atoms with Crippen molar-refractivity contribution in [1.82, 2.24) is 14.8 Å². The largest absolute Gasteiger partial charge is 0.319 e. The molecular weight excluding hydrogens is 268 g/mol. The van der Waals surface area contributed by atoms with E-state index >= 15 is 0 Å². The molecular formula is C15H12N4O2. The zero-order chi connectivity index (χ0) is 14.7. The van der Waals surface area contributed by atoms with Gasteiger partial charge in [-0.1, -0.05) is 18.2 Å². The van der Waals surface area contributed by atoms with E-state index in [9.17, 15) is 9.59 Å². The molecule has 2 aromatic heterocycles. The minimum Gasteiger partial charge on any atom is -0.319 e. The molecule has 0 saturated heterocycles. The summed E-state index contributed by atoms with van der Waals surface area (Å²) in [6.45, 7) is 0. The molecule has 0 spiro atoms. The molecule has 104 valence electrons. The summed E-state index contributed by atoms with van der Waals surface area (Å²) < 4.78 is 1.66. The minimum absolute atomic E-state index is 0.206. The third-order valence-electron chi connectivity index (χ3n) is 2.92. The van der Waals surface area contributed by atoms with Gasteiger partial charge >= 0.3 is 0 Å². The number of H-pyrrole nitrogens is 1. The second-order valence-corrected chi connectivity index (χ2v) is 4.35. The number of carbonyl (C=O) groups is 1. The van der Waals surface area contributed by atoms with Crippen molar-refractivity contribution in [1.29, 1.82) is 0 Å². The van der Waals surface area contributed by atoms with Crippen molar-refractivity contribution in [3.63, 3.8) is 0 Å². The van der Waals surface area contributed by atoms with Gasteiger partial charge in [0.15, 0.2) is 0 Å². The van der Waals surface area contributed by atoms with E-state index in [1.54, 1.807) is 35.3 Å². The van der Waals surface area contributed by atoms with Gasteiger partial charge in [-0.25, -0.2) is 4.68 Å². The predicted molar refractivity (Wildman–Crippen MR) is 78.6 cm³/mol. The second-order valence-electron chi connectivity index (χ2n) is 4.35. The molecule has 0 aliphatic carbocycles. The molecule has 0 aliphatic heterocycles. The SMILES string of the molecule is O=C(Nc1ccccc1-n1cccn1)c1cccc(=O)[nH]1. The Hall–Kier alpha value is -3.15. The van der Waals surface area contributed by atoms with E-state index < -0.39 is 0 Å². The molecule has 0 unspecified atom stereocenters. The summed E-state index contributed by atoms with van der Waals surface area (Å²) in [6.07, 6.45) is 3.45. The molecule has 2 N–H and O–H groups in total. The first-order valence-corrected chi connectivity index (χ1v) is 6.34. The summed E-state index contributed by atoms with van der Waals surface area (Å²) >= 11 is 0. The summed E-state index contributed by atoms with van der Waals surface area (Å²) in [7, 11) is 0. The van der Waals surface area contributed by atoms with Crippen LogP contribution in [0, 0.1) is 0 Å². The molecule has 6 heteroatoms. The number of pyridine rings is 1. The number of amides is 1. The Balaban J connectivity index is 1.92. The van der Waals surface area contributed by atoms with Crippen LogP contribution in [0.2, 0.25) is 0 Å². The second kappa shape index (κ2) is 5.46. The van der Waals surface area contributed by atoms with Gasteiger partial charge in [-0.2, -0.15) is 5.10 Å². The molecule has 0 fully saturated rings. The molecule has 0 saturated carbocycles. The van der Waals surface area contributed by atoms with Gasteiger partial charge in [-0.05, 0) is 24.3 Å². The number of carbonyl (C=O) groups excluding carboxylic acids is 1. The first-order chi connectivity index (χ1) is 10.2. The lowest BCUT2D eigenvalue weighted by Gasteiger charge is -2.10. The van der Waals surface area contributed by atoms with E-state index in [0.29, 0.717) is 5.69 Å². The number of nitrogens with zero attached hydrogens (tertiary/aromatic N) is 2. The third-order valence-corrected chi connectivity index (χ3v) is 2.92. The Morgan fingerprint density at radius 2 is 1.95 bits per heavy atom. The van der Waals surface area contributed by atoms with Crippen LogP contribution >= 0.6 is 0 Å². The number of aromatic nitrogens is 3. The van der Waals surface area contributed by atoms with Crippen LogP contribution in [0.25, 0.3) is 5.69 Å². The molecule has 0 atom stereocenters. The molecule has 3 aromatic rings. The molecule has 0 aliphatic rings. The van der Waals surface area contributed by atoms with E-state index in [2.05, 4.69) is 15.4 Å². The van der Waals surface area contributed by atoms with E-state index in [4.69, 9.17) is 0 Å².